The molecule has 3 N–H and O–H groups in total. The van der Waals surface area contributed by atoms with Crippen LogP contribution in [0, 0.1) is 0 Å². The second kappa shape index (κ2) is 2.76. The van der Waals surface area contributed by atoms with E-state index >= 15 is 0 Å². The Bertz CT molecular complexity index is 133. The zero-order valence-corrected chi connectivity index (χ0v) is 5.20. The number of hydrogen-bond donors (Lipinski definition) is 2. The lowest BCUT2D eigenvalue weighted by atomic mass is 10.3. The molecule has 0 heterocycles. The molecule has 0 aliphatic carbocycles. The van der Waals surface area contributed by atoms with Crippen LogP contribution < -0.4 is 11.1 Å². The molecule has 0 aromatic rings. The fourth-order valence-corrected chi connectivity index (χ4v) is 0.295. The van der Waals surface area contributed by atoms with Gasteiger partial charge in [0.05, 0.1) is 0 Å². The highest BCUT2D eigenvalue weighted by Crippen LogP contribution is 2.18. The molecule has 0 bridgehead atoms. The predicted molar refractivity (Wildman–Crippen MR) is 28.2 cm³/mol. The Hall–Kier alpha value is -0.940. The summed E-state index contributed by atoms with van der Waals surface area (Å²) in [6.07, 6.45) is -4.42. The molecule has 0 rings (SSSR count). The Kier molecular flexibility index (Phi) is 2.50. The van der Waals surface area contributed by atoms with Crippen molar-refractivity contribution in [3.05, 3.63) is 0 Å². The first kappa shape index (κ1) is 9.06. The Morgan fingerprint density at radius 1 is 1.60 bits per heavy atom. The molecule has 0 aromatic heterocycles. The topological polar surface area (TPSA) is 55.1 Å². The highest BCUT2D eigenvalue weighted by Gasteiger charge is 2.36. The van der Waals surface area contributed by atoms with Crippen LogP contribution in [-0.2, 0) is 0 Å². The molecule has 0 saturated heterocycles. The molecular formula is C4H7F3N2O. The van der Waals surface area contributed by atoms with Crippen molar-refractivity contribution >= 4 is 6.03 Å². The lowest BCUT2D eigenvalue weighted by molar-refractivity contribution is -0.148. The molecule has 60 valence electrons. The third kappa shape index (κ3) is 3.16. The molecule has 0 saturated carbocycles. The highest BCUT2D eigenvalue weighted by atomic mass is 19.4. The summed E-state index contributed by atoms with van der Waals surface area (Å²) in [7, 11) is 0. The summed E-state index contributed by atoms with van der Waals surface area (Å²) >= 11 is 0. The van der Waals surface area contributed by atoms with Gasteiger partial charge in [0, 0.05) is 0 Å². The zero-order valence-electron chi connectivity index (χ0n) is 5.20. The molecule has 1 atom stereocenters. The van der Waals surface area contributed by atoms with E-state index in [-0.39, 0.29) is 0 Å². The molecule has 0 radical (unpaired) electrons. The average molecular weight is 156 g/mol. The van der Waals surface area contributed by atoms with Crippen LogP contribution in [0.15, 0.2) is 0 Å². The lowest BCUT2D eigenvalue weighted by Gasteiger charge is -2.14. The summed E-state index contributed by atoms with van der Waals surface area (Å²) < 4.78 is 34.6. The van der Waals surface area contributed by atoms with Crippen LogP contribution in [-0.4, -0.2) is 18.2 Å². The minimum absolute atomic E-state index is 0.810. The predicted octanol–water partition coefficient (Wildman–Crippen LogP) is 0.606. The van der Waals surface area contributed by atoms with Crippen LogP contribution in [0.25, 0.3) is 0 Å². The van der Waals surface area contributed by atoms with E-state index in [1.807, 2.05) is 0 Å². The van der Waals surface area contributed by atoms with Gasteiger partial charge in [-0.15, -0.1) is 0 Å². The van der Waals surface area contributed by atoms with E-state index in [9.17, 15) is 18.0 Å². The molecule has 0 aliphatic rings. The molecule has 6 heteroatoms. The van der Waals surface area contributed by atoms with Crippen molar-refractivity contribution < 1.29 is 18.0 Å². The SMILES string of the molecule is CC(NC(N)=O)C(F)(F)F. The number of primary amides is 1. The molecule has 0 aliphatic heterocycles. The number of halogens is 3. The molecule has 0 spiro atoms. The number of carbonyl (C=O) groups is 1. The lowest BCUT2D eigenvalue weighted by Crippen LogP contribution is -2.45. The van der Waals surface area contributed by atoms with Crippen LogP contribution in [0.3, 0.4) is 0 Å². The van der Waals surface area contributed by atoms with E-state index in [2.05, 4.69) is 5.73 Å². The van der Waals surface area contributed by atoms with Gasteiger partial charge in [0.2, 0.25) is 0 Å². The number of carbonyl (C=O) groups excluding carboxylic acids is 1. The van der Waals surface area contributed by atoms with Crippen LogP contribution >= 0.6 is 0 Å². The van der Waals surface area contributed by atoms with Crippen LogP contribution in [0.4, 0.5) is 18.0 Å². The van der Waals surface area contributed by atoms with Crippen molar-refractivity contribution in [3.8, 4) is 0 Å². The van der Waals surface area contributed by atoms with Crippen molar-refractivity contribution in [2.24, 2.45) is 5.73 Å². The third-order valence-electron chi connectivity index (χ3n) is 0.850. The van der Waals surface area contributed by atoms with E-state index < -0.39 is 18.2 Å². The van der Waals surface area contributed by atoms with Gasteiger partial charge in [-0.25, -0.2) is 4.79 Å². The summed E-state index contributed by atoms with van der Waals surface area (Å²) in [6.45, 7) is 0.810. The summed E-state index contributed by atoms with van der Waals surface area (Å²) in [5, 5.41) is 1.50. The molecule has 0 fully saturated rings. The maximum atomic E-state index is 11.5. The Balaban J connectivity index is 3.85. The van der Waals surface area contributed by atoms with Crippen LogP contribution in [0.5, 0.6) is 0 Å². The first-order valence-electron chi connectivity index (χ1n) is 2.46. The molecule has 2 amide bonds. The van der Waals surface area contributed by atoms with Crippen molar-refractivity contribution in [2.75, 3.05) is 0 Å². The molecule has 10 heavy (non-hydrogen) atoms. The van der Waals surface area contributed by atoms with E-state index in [1.165, 1.54) is 5.32 Å². The number of hydrogen-bond acceptors (Lipinski definition) is 1. The van der Waals surface area contributed by atoms with Crippen LogP contribution in [0.2, 0.25) is 0 Å². The second-order valence-corrected chi connectivity index (χ2v) is 1.77. The number of rotatable bonds is 1. The monoisotopic (exact) mass is 156 g/mol. The van der Waals surface area contributed by atoms with Crippen molar-refractivity contribution in [1.82, 2.24) is 5.32 Å². The molecular weight excluding hydrogens is 149 g/mol. The van der Waals surface area contributed by atoms with Gasteiger partial charge in [-0.3, -0.25) is 0 Å². The van der Waals surface area contributed by atoms with E-state index in [0.29, 0.717) is 0 Å². The fraction of sp³-hybridized carbons (Fsp3) is 0.750. The van der Waals surface area contributed by atoms with Gasteiger partial charge < -0.3 is 11.1 Å². The molecule has 1 unspecified atom stereocenters. The second-order valence-electron chi connectivity index (χ2n) is 1.77. The Morgan fingerprint density at radius 3 is 2.10 bits per heavy atom. The number of alkyl halides is 3. The minimum Gasteiger partial charge on any atom is -0.352 e. The largest absolute Gasteiger partial charge is 0.408 e. The van der Waals surface area contributed by atoms with Gasteiger partial charge >= 0.3 is 12.2 Å². The molecule has 3 nitrogen and oxygen atoms in total. The minimum atomic E-state index is -4.42. The number of nitrogens with one attached hydrogen (secondary N) is 1. The Labute approximate surface area is 55.4 Å². The maximum Gasteiger partial charge on any atom is 0.408 e. The van der Waals surface area contributed by atoms with Crippen LogP contribution in [0.1, 0.15) is 6.92 Å². The van der Waals surface area contributed by atoms with Gasteiger partial charge in [0.15, 0.2) is 0 Å². The van der Waals surface area contributed by atoms with Gasteiger partial charge in [0.1, 0.15) is 6.04 Å². The van der Waals surface area contributed by atoms with E-state index in [4.69, 9.17) is 0 Å². The maximum absolute atomic E-state index is 11.5. The zero-order chi connectivity index (χ0) is 8.36. The Morgan fingerprint density at radius 2 is 2.00 bits per heavy atom. The van der Waals surface area contributed by atoms with Crippen molar-refractivity contribution in [1.29, 1.82) is 0 Å². The van der Waals surface area contributed by atoms with Gasteiger partial charge in [0.25, 0.3) is 0 Å². The van der Waals surface area contributed by atoms with Gasteiger partial charge in [-0.1, -0.05) is 0 Å². The molecule has 0 aromatic carbocycles. The summed E-state index contributed by atoms with van der Waals surface area (Å²) in [6, 6.07) is -3.06. The summed E-state index contributed by atoms with van der Waals surface area (Å²) in [5.41, 5.74) is 4.44. The fourth-order valence-electron chi connectivity index (χ4n) is 0.295. The smallest absolute Gasteiger partial charge is 0.352 e. The third-order valence-corrected chi connectivity index (χ3v) is 0.850. The van der Waals surface area contributed by atoms with Gasteiger partial charge in [-0.05, 0) is 6.92 Å². The van der Waals surface area contributed by atoms with Crippen molar-refractivity contribution in [2.45, 2.75) is 19.1 Å². The summed E-state index contributed by atoms with van der Waals surface area (Å²) in [4.78, 5) is 9.87. The summed E-state index contributed by atoms with van der Waals surface area (Å²) in [5.74, 6) is 0. The average Bonchev–Trinajstić information content (AvgIpc) is 1.60. The number of amides is 2. The van der Waals surface area contributed by atoms with Gasteiger partial charge in [-0.2, -0.15) is 13.2 Å². The quantitative estimate of drug-likeness (QED) is 0.574. The number of nitrogens with two attached hydrogens (primary N) is 1. The first-order valence-corrected chi connectivity index (χ1v) is 2.46. The van der Waals surface area contributed by atoms with E-state index in [1.54, 1.807) is 0 Å². The normalized spacial score (nSPS) is 14.4. The highest BCUT2D eigenvalue weighted by molar-refractivity contribution is 5.71. The van der Waals surface area contributed by atoms with Crippen molar-refractivity contribution in [3.63, 3.8) is 0 Å². The standard InChI is InChI=1S/C4H7F3N2O/c1-2(4(5,6)7)9-3(8)10/h2H,1H3,(H3,8,9,10). The van der Waals surface area contributed by atoms with E-state index in [0.717, 1.165) is 6.92 Å². The number of urea groups is 1. The first-order chi connectivity index (χ1) is 4.34.